The monoisotopic (exact) mass is 571 g/mol. The van der Waals surface area contributed by atoms with Gasteiger partial charge in [-0.2, -0.15) is 52.7 Å². The molecule has 0 spiro atoms. The van der Waals surface area contributed by atoms with Crippen molar-refractivity contribution in [1.82, 2.24) is 6.15 Å². The largest absolute Gasteiger partial charge is 0.416 e. The highest BCUT2D eigenvalue weighted by Crippen LogP contribution is 2.37. The number of halogens is 13. The van der Waals surface area contributed by atoms with Gasteiger partial charge in [0, 0.05) is 0 Å². The Morgan fingerprint density at radius 1 is 0.595 bits per heavy atom. The van der Waals surface area contributed by atoms with E-state index in [4.69, 9.17) is 18.0 Å². The Kier molecular flexibility index (Phi) is 13.7. The number of aryl methyl sites for hydroxylation is 2. The average molecular weight is 572 g/mol. The molecule has 0 saturated heterocycles. The van der Waals surface area contributed by atoms with E-state index in [1.165, 1.54) is 13.8 Å². The van der Waals surface area contributed by atoms with Gasteiger partial charge in [-0.15, -0.1) is 18.0 Å². The first kappa shape index (κ1) is 36.1. The summed E-state index contributed by atoms with van der Waals surface area (Å²) < 4.78 is 146. The van der Waals surface area contributed by atoms with Crippen molar-refractivity contribution in [2.75, 3.05) is 5.88 Å². The van der Waals surface area contributed by atoms with Crippen molar-refractivity contribution in [3.05, 3.63) is 69.8 Å². The lowest BCUT2D eigenvalue weighted by Gasteiger charge is -2.12. The molecule has 0 bridgehead atoms. The van der Waals surface area contributed by atoms with Crippen LogP contribution in [0, 0.1) is 38.0 Å². The van der Waals surface area contributed by atoms with Crippen LogP contribution in [0.1, 0.15) is 33.4 Å². The summed E-state index contributed by atoms with van der Waals surface area (Å²) in [5.41, 5.74) is -5.27. The van der Waals surface area contributed by atoms with Crippen molar-refractivity contribution in [2.24, 2.45) is 0 Å². The van der Waals surface area contributed by atoms with Gasteiger partial charge in [0.25, 0.3) is 0 Å². The van der Waals surface area contributed by atoms with E-state index in [1.807, 2.05) is 0 Å². The highest BCUT2D eigenvalue weighted by atomic mass is 35.5. The summed E-state index contributed by atoms with van der Waals surface area (Å²) >= 11 is 5.11. The zero-order chi connectivity index (χ0) is 28.5. The molecule has 0 saturated carbocycles. The number of hydrogen-bond donors (Lipinski definition) is 1. The van der Waals surface area contributed by atoms with Crippen LogP contribution in [0.25, 0.3) is 0 Å². The van der Waals surface area contributed by atoms with E-state index in [2.05, 4.69) is 17.8 Å². The molecule has 0 fully saturated rings. The molecule has 2 rings (SSSR count). The van der Waals surface area contributed by atoms with Gasteiger partial charge >= 0.3 is 24.7 Å². The first-order chi connectivity index (χ1) is 16.1. The van der Waals surface area contributed by atoms with Crippen molar-refractivity contribution in [3.8, 4) is 24.2 Å². The van der Waals surface area contributed by atoms with Crippen molar-refractivity contribution in [3.63, 3.8) is 0 Å². The molecule has 0 atom stereocenters. The maximum Gasteiger partial charge on any atom is 0.416 e. The molecule has 0 aliphatic rings. The van der Waals surface area contributed by atoms with Crippen LogP contribution >= 0.6 is 11.6 Å². The van der Waals surface area contributed by atoms with E-state index < -0.39 is 47.0 Å². The van der Waals surface area contributed by atoms with Crippen LogP contribution in [0.3, 0.4) is 0 Å². The Balaban J connectivity index is 0. The van der Waals surface area contributed by atoms with Crippen molar-refractivity contribution in [2.45, 2.75) is 38.6 Å². The summed E-state index contributed by atoms with van der Waals surface area (Å²) in [5.74, 6) is 7.27. The van der Waals surface area contributed by atoms with Crippen LogP contribution in [0.2, 0.25) is 0 Å². The predicted octanol–water partition coefficient (Wildman–Crippen LogP) is 9.09. The standard InChI is InChI=1S/2C9H6F6.C5H3Cl.H3N/c2*1-5-2-6(8(10,11)12)4-7(3-5)9(13,14)15;1-2-3-4-5-6;/h2*2-4H,1H3;1H,5H2;1H3. The fraction of sp³-hybridized carbons (Fsp3) is 0.304. The summed E-state index contributed by atoms with van der Waals surface area (Å²) in [4.78, 5) is 0. The third-order valence-electron chi connectivity index (χ3n) is 3.69. The Labute approximate surface area is 209 Å². The Morgan fingerprint density at radius 3 is 0.973 bits per heavy atom. The molecule has 0 aromatic heterocycles. The van der Waals surface area contributed by atoms with Crippen LogP contribution in [-0.2, 0) is 24.7 Å². The molecule has 0 aliphatic heterocycles. The quantitative estimate of drug-likeness (QED) is 0.191. The molecule has 0 aliphatic carbocycles. The second kappa shape index (κ2) is 14.1. The number of hydrogen-bond acceptors (Lipinski definition) is 1. The molecule has 0 amide bonds. The SMILES string of the molecule is C#CC#CCCl.Cc1cc(C(F)(F)F)cc(C(F)(F)F)c1.Cc1cc(C(F)(F)F)cc(C(F)(F)F)c1.N. The molecule has 206 valence electrons. The van der Waals surface area contributed by atoms with Gasteiger partial charge < -0.3 is 6.15 Å². The number of benzene rings is 2. The number of rotatable bonds is 0. The average Bonchev–Trinajstić information content (AvgIpc) is 2.70. The highest BCUT2D eigenvalue weighted by Gasteiger charge is 2.37. The fourth-order valence-electron chi connectivity index (χ4n) is 2.31. The lowest BCUT2D eigenvalue weighted by molar-refractivity contribution is -0.144. The zero-order valence-electron chi connectivity index (χ0n) is 18.9. The summed E-state index contributed by atoms with van der Waals surface area (Å²) in [6.07, 6.45) is -14.3. The van der Waals surface area contributed by atoms with E-state index in [-0.39, 0.29) is 29.4 Å². The first-order valence-electron chi connectivity index (χ1n) is 9.14. The van der Waals surface area contributed by atoms with Crippen molar-refractivity contribution in [1.29, 1.82) is 0 Å². The summed E-state index contributed by atoms with van der Waals surface area (Å²) in [6, 6.07) is 2.91. The molecule has 14 heteroatoms. The van der Waals surface area contributed by atoms with Gasteiger partial charge in [0.2, 0.25) is 0 Å². The van der Waals surface area contributed by atoms with E-state index in [1.54, 1.807) is 0 Å². The topological polar surface area (TPSA) is 35.0 Å². The number of terminal acetylenes is 1. The van der Waals surface area contributed by atoms with Gasteiger partial charge in [-0.25, -0.2) is 0 Å². The van der Waals surface area contributed by atoms with E-state index >= 15 is 0 Å². The maximum atomic E-state index is 12.2. The van der Waals surface area contributed by atoms with Gasteiger partial charge in [0.1, 0.15) is 0 Å². The Morgan fingerprint density at radius 2 is 0.838 bits per heavy atom. The van der Waals surface area contributed by atoms with Gasteiger partial charge in [-0.3, -0.25) is 0 Å². The maximum absolute atomic E-state index is 12.2. The molecule has 2 aromatic rings. The summed E-state index contributed by atoms with van der Waals surface area (Å²) in [7, 11) is 0. The van der Waals surface area contributed by atoms with E-state index in [0.29, 0.717) is 30.1 Å². The van der Waals surface area contributed by atoms with E-state index in [9.17, 15) is 52.7 Å². The molecule has 0 unspecified atom stereocenters. The molecule has 37 heavy (non-hydrogen) atoms. The molecule has 0 radical (unpaired) electrons. The normalized spacial score (nSPS) is 11.3. The van der Waals surface area contributed by atoms with Crippen LogP contribution in [0.4, 0.5) is 52.7 Å². The molecule has 3 N–H and O–H groups in total. The van der Waals surface area contributed by atoms with Gasteiger partial charge in [-0.05, 0) is 73.2 Å². The zero-order valence-corrected chi connectivity index (χ0v) is 19.6. The molecule has 2 aromatic carbocycles. The highest BCUT2D eigenvalue weighted by molar-refractivity contribution is 6.19. The minimum atomic E-state index is -4.76. The second-order valence-electron chi connectivity index (χ2n) is 6.75. The van der Waals surface area contributed by atoms with Crippen LogP contribution in [0.15, 0.2) is 36.4 Å². The third kappa shape index (κ3) is 13.7. The minimum absolute atomic E-state index is 0. The van der Waals surface area contributed by atoms with Gasteiger partial charge in [0.15, 0.2) is 0 Å². The van der Waals surface area contributed by atoms with Crippen molar-refractivity contribution < 1.29 is 52.7 Å². The molecule has 0 heterocycles. The lowest BCUT2D eigenvalue weighted by atomic mass is 10.1. The molecular formula is C23H18ClF12N. The first-order valence-corrected chi connectivity index (χ1v) is 9.68. The number of alkyl halides is 13. The smallest absolute Gasteiger partial charge is 0.344 e. The fourth-order valence-corrected chi connectivity index (χ4v) is 2.37. The third-order valence-corrected chi connectivity index (χ3v) is 3.83. The minimum Gasteiger partial charge on any atom is -0.344 e. The summed E-state index contributed by atoms with van der Waals surface area (Å²) in [6.45, 7) is 2.37. The van der Waals surface area contributed by atoms with Crippen molar-refractivity contribution >= 4 is 11.6 Å². The van der Waals surface area contributed by atoms with Gasteiger partial charge in [0.05, 0.1) is 28.1 Å². The Hall–Kier alpha value is -3.03. The van der Waals surface area contributed by atoms with Crippen LogP contribution < -0.4 is 6.15 Å². The van der Waals surface area contributed by atoms with Crippen LogP contribution in [0.5, 0.6) is 0 Å². The van der Waals surface area contributed by atoms with Crippen LogP contribution in [-0.4, -0.2) is 5.88 Å². The van der Waals surface area contributed by atoms with E-state index in [0.717, 1.165) is 0 Å². The lowest BCUT2D eigenvalue weighted by Crippen LogP contribution is -2.11. The molecule has 1 nitrogen and oxygen atoms in total. The second-order valence-corrected chi connectivity index (χ2v) is 7.01. The van der Waals surface area contributed by atoms with Gasteiger partial charge in [-0.1, -0.05) is 5.92 Å². The predicted molar refractivity (Wildman–Crippen MR) is 115 cm³/mol. The summed E-state index contributed by atoms with van der Waals surface area (Å²) in [5, 5.41) is 0. The Bertz CT molecular complexity index is 971. The molecular weight excluding hydrogens is 554 g/mol.